The molecule has 7 heteroatoms. The summed E-state index contributed by atoms with van der Waals surface area (Å²) in [4.78, 5) is 21.9. The van der Waals surface area contributed by atoms with E-state index in [-0.39, 0.29) is 18.3 Å². The Morgan fingerprint density at radius 2 is 2.00 bits per heavy atom. The van der Waals surface area contributed by atoms with E-state index in [1.165, 1.54) is 13.2 Å². The van der Waals surface area contributed by atoms with Crippen LogP contribution in [0.1, 0.15) is 27.2 Å². The van der Waals surface area contributed by atoms with Crippen molar-refractivity contribution in [2.24, 2.45) is 4.99 Å². The summed E-state index contributed by atoms with van der Waals surface area (Å²) in [5.41, 5.74) is 4.32. The summed E-state index contributed by atoms with van der Waals surface area (Å²) in [6.45, 7) is 0.209. The molecule has 0 fully saturated rings. The number of methoxy groups -OCH3 is 1. The minimum Gasteiger partial charge on any atom is -0.494 e. The fourth-order valence-corrected chi connectivity index (χ4v) is 3.72. The number of carbonyl (C=O) groups is 1. The summed E-state index contributed by atoms with van der Waals surface area (Å²) in [5.74, 6) is -0.551. The Labute approximate surface area is 191 Å². The first-order chi connectivity index (χ1) is 16.1. The lowest BCUT2D eigenvalue weighted by Gasteiger charge is -2.17. The lowest BCUT2D eigenvalue weighted by molar-refractivity contribution is 0.0916. The minimum atomic E-state index is -0.469. The first-order valence-electron chi connectivity index (χ1n) is 10.6. The Hall–Kier alpha value is -3.84. The summed E-state index contributed by atoms with van der Waals surface area (Å²) in [6, 6.07) is 17.0. The summed E-state index contributed by atoms with van der Waals surface area (Å²) in [7, 11) is 1.43. The van der Waals surface area contributed by atoms with E-state index < -0.39 is 11.9 Å². The number of nitrogens with one attached hydrogen (secondary N) is 1. The molecule has 1 atom stereocenters. The predicted molar refractivity (Wildman–Crippen MR) is 125 cm³/mol. The highest BCUT2D eigenvalue weighted by atomic mass is 19.1. The van der Waals surface area contributed by atoms with Crippen LogP contribution < -0.4 is 10.1 Å². The van der Waals surface area contributed by atoms with Gasteiger partial charge in [-0.05, 0) is 47.5 Å². The van der Waals surface area contributed by atoms with Crippen LogP contribution in [0.3, 0.4) is 0 Å². The highest BCUT2D eigenvalue weighted by molar-refractivity contribution is 6.19. The highest BCUT2D eigenvalue weighted by Gasteiger charge is 2.21. The normalized spacial score (nSPS) is 13.8. The second-order valence-electron chi connectivity index (χ2n) is 7.64. The monoisotopic (exact) mass is 445 g/mol. The van der Waals surface area contributed by atoms with Crippen molar-refractivity contribution in [3.63, 3.8) is 0 Å². The van der Waals surface area contributed by atoms with Crippen molar-refractivity contribution in [2.75, 3.05) is 20.3 Å². The molecule has 0 aliphatic carbocycles. The van der Waals surface area contributed by atoms with Crippen LogP contribution in [0.25, 0.3) is 5.57 Å². The molecule has 1 aromatic heterocycles. The van der Waals surface area contributed by atoms with Gasteiger partial charge in [0.05, 0.1) is 32.0 Å². The SMILES string of the molecule is COc1cc(C2=CC(c3ccccc3C(=O)N[C@@H](CO)Cc3ccccn3)=NC2)ccc1F. The van der Waals surface area contributed by atoms with Crippen molar-refractivity contribution >= 4 is 17.2 Å². The maximum atomic E-state index is 13.8. The molecule has 0 unspecified atom stereocenters. The molecular formula is C26H24FN3O3. The van der Waals surface area contributed by atoms with E-state index >= 15 is 0 Å². The number of nitrogens with zero attached hydrogens (tertiary/aromatic N) is 2. The van der Waals surface area contributed by atoms with Crippen LogP contribution in [0, 0.1) is 5.82 Å². The Balaban J connectivity index is 1.54. The second-order valence-corrected chi connectivity index (χ2v) is 7.64. The van der Waals surface area contributed by atoms with Gasteiger partial charge in [0.15, 0.2) is 11.6 Å². The third-order valence-corrected chi connectivity index (χ3v) is 5.44. The lowest BCUT2D eigenvalue weighted by Crippen LogP contribution is -2.39. The van der Waals surface area contributed by atoms with Crippen molar-refractivity contribution in [3.05, 3.63) is 101 Å². The van der Waals surface area contributed by atoms with Crippen molar-refractivity contribution in [1.29, 1.82) is 0 Å². The molecule has 4 rings (SSSR count). The number of amides is 1. The molecule has 0 bridgehead atoms. The topological polar surface area (TPSA) is 83.8 Å². The number of aliphatic imine (C=N–C) groups is 1. The zero-order valence-electron chi connectivity index (χ0n) is 18.2. The average Bonchev–Trinajstić information content (AvgIpc) is 3.34. The Bertz CT molecular complexity index is 1210. The number of aromatic nitrogens is 1. The van der Waals surface area contributed by atoms with Crippen LogP contribution in [0.4, 0.5) is 4.39 Å². The molecule has 3 aromatic rings. The van der Waals surface area contributed by atoms with E-state index in [1.807, 2.05) is 36.4 Å². The standard InChI is InChI=1S/C26H24FN3O3/c1-33-25-13-17(9-10-23(25)27)18-12-24(29-15-18)21-7-2-3-8-22(21)26(32)30-20(16-31)14-19-6-4-5-11-28-19/h2-13,20,31H,14-16H2,1H3,(H,30,32)/t20-/m1/s1. The van der Waals surface area contributed by atoms with E-state index in [0.717, 1.165) is 16.8 Å². The van der Waals surface area contributed by atoms with E-state index in [9.17, 15) is 14.3 Å². The van der Waals surface area contributed by atoms with Crippen LogP contribution >= 0.6 is 0 Å². The third-order valence-electron chi connectivity index (χ3n) is 5.44. The Morgan fingerprint density at radius 3 is 2.76 bits per heavy atom. The van der Waals surface area contributed by atoms with Gasteiger partial charge in [-0.15, -0.1) is 0 Å². The molecule has 1 aliphatic heterocycles. The van der Waals surface area contributed by atoms with E-state index in [0.29, 0.717) is 29.8 Å². The smallest absolute Gasteiger partial charge is 0.252 e. The van der Waals surface area contributed by atoms with Crippen molar-refractivity contribution < 1.29 is 19.0 Å². The predicted octanol–water partition coefficient (Wildman–Crippen LogP) is 3.45. The van der Waals surface area contributed by atoms with Gasteiger partial charge in [-0.25, -0.2) is 4.39 Å². The van der Waals surface area contributed by atoms with E-state index in [2.05, 4.69) is 15.3 Å². The molecule has 0 spiro atoms. The molecule has 0 radical (unpaired) electrons. The van der Waals surface area contributed by atoms with Crippen LogP contribution in [0.5, 0.6) is 5.75 Å². The fraction of sp³-hybridized carbons (Fsp3) is 0.192. The molecule has 1 aliphatic rings. The van der Waals surface area contributed by atoms with Crippen LogP contribution in [0.2, 0.25) is 0 Å². The Kier molecular flexibility index (Phi) is 6.90. The zero-order chi connectivity index (χ0) is 23.2. The molecule has 2 N–H and O–H groups in total. The van der Waals surface area contributed by atoms with Gasteiger partial charge in [-0.1, -0.05) is 30.3 Å². The van der Waals surface area contributed by atoms with Crippen LogP contribution in [-0.2, 0) is 6.42 Å². The average molecular weight is 445 g/mol. The van der Waals surface area contributed by atoms with Gasteiger partial charge >= 0.3 is 0 Å². The number of hydrogen-bond donors (Lipinski definition) is 2. The molecule has 1 amide bonds. The van der Waals surface area contributed by atoms with E-state index in [1.54, 1.807) is 30.5 Å². The van der Waals surface area contributed by atoms with Crippen LogP contribution in [0.15, 0.2) is 77.9 Å². The van der Waals surface area contributed by atoms with Gasteiger partial charge in [0.2, 0.25) is 0 Å². The summed E-state index contributed by atoms with van der Waals surface area (Å²) in [6.07, 6.45) is 4.00. The molecule has 6 nitrogen and oxygen atoms in total. The van der Waals surface area contributed by atoms with Gasteiger partial charge < -0.3 is 15.2 Å². The largest absolute Gasteiger partial charge is 0.494 e. The van der Waals surface area contributed by atoms with Gasteiger partial charge in [-0.2, -0.15) is 0 Å². The lowest BCUT2D eigenvalue weighted by atomic mass is 9.99. The molecule has 0 saturated carbocycles. The van der Waals surface area contributed by atoms with Crippen LogP contribution in [-0.4, -0.2) is 48.0 Å². The second kappa shape index (κ2) is 10.2. The quantitative estimate of drug-likeness (QED) is 0.556. The van der Waals surface area contributed by atoms with Crippen molar-refractivity contribution in [1.82, 2.24) is 10.3 Å². The maximum absolute atomic E-state index is 13.8. The van der Waals surface area contributed by atoms with Gasteiger partial charge in [0, 0.05) is 29.4 Å². The number of benzene rings is 2. The number of carbonyl (C=O) groups excluding carboxylic acids is 1. The van der Waals surface area contributed by atoms with Gasteiger partial charge in [0.1, 0.15) is 0 Å². The molecule has 2 heterocycles. The van der Waals surface area contributed by atoms with Gasteiger partial charge in [0.25, 0.3) is 5.91 Å². The number of rotatable bonds is 8. The molecular weight excluding hydrogens is 421 g/mol. The number of aliphatic hydroxyl groups is 1. The molecule has 2 aromatic carbocycles. The summed E-state index contributed by atoms with van der Waals surface area (Å²) in [5, 5.41) is 12.7. The third kappa shape index (κ3) is 5.15. The number of halogens is 1. The molecule has 0 saturated heterocycles. The molecule has 168 valence electrons. The zero-order valence-corrected chi connectivity index (χ0v) is 18.2. The number of hydrogen-bond acceptors (Lipinski definition) is 5. The van der Waals surface area contributed by atoms with Crippen molar-refractivity contribution in [2.45, 2.75) is 12.5 Å². The fourth-order valence-electron chi connectivity index (χ4n) is 3.72. The number of pyridine rings is 1. The van der Waals surface area contributed by atoms with Crippen molar-refractivity contribution in [3.8, 4) is 5.75 Å². The maximum Gasteiger partial charge on any atom is 0.252 e. The number of ether oxygens (including phenoxy) is 1. The van der Waals surface area contributed by atoms with Gasteiger partial charge in [-0.3, -0.25) is 14.8 Å². The Morgan fingerprint density at radius 1 is 1.18 bits per heavy atom. The molecule has 33 heavy (non-hydrogen) atoms. The first-order valence-corrected chi connectivity index (χ1v) is 10.6. The van der Waals surface area contributed by atoms with E-state index in [4.69, 9.17) is 4.74 Å². The highest BCUT2D eigenvalue weighted by Crippen LogP contribution is 2.27. The first kappa shape index (κ1) is 22.4. The summed E-state index contributed by atoms with van der Waals surface area (Å²) < 4.78 is 18.9. The minimum absolute atomic E-state index is 0.171. The number of aliphatic hydroxyl groups excluding tert-OH is 1. The number of allylic oxidation sites excluding steroid dienone is 1. The summed E-state index contributed by atoms with van der Waals surface area (Å²) >= 11 is 0.